The molecule has 2 nitrogen and oxygen atoms in total. The van der Waals surface area contributed by atoms with Crippen LogP contribution in [0.1, 0.15) is 30.0 Å². The number of halogens is 2. The van der Waals surface area contributed by atoms with Crippen LogP contribution < -0.4 is 10.1 Å². The van der Waals surface area contributed by atoms with Gasteiger partial charge in [-0.2, -0.15) is 0 Å². The van der Waals surface area contributed by atoms with E-state index in [1.807, 2.05) is 31.3 Å². The number of hydrogen-bond acceptors (Lipinski definition) is 2. The van der Waals surface area contributed by atoms with Gasteiger partial charge in [0, 0.05) is 4.47 Å². The lowest BCUT2D eigenvalue weighted by atomic mass is 9.99. The van der Waals surface area contributed by atoms with Crippen molar-refractivity contribution in [3.05, 3.63) is 63.1 Å². The minimum absolute atomic E-state index is 0.112. The van der Waals surface area contributed by atoms with Crippen LogP contribution in [0.3, 0.4) is 0 Å². The summed E-state index contributed by atoms with van der Waals surface area (Å²) in [4.78, 5) is 0. The predicted octanol–water partition coefficient (Wildman–Crippen LogP) is 4.95. The summed E-state index contributed by atoms with van der Waals surface area (Å²) < 4.78 is 6.79. The molecule has 1 N–H and O–H groups in total. The molecular formula is C17H17BrClNO. The van der Waals surface area contributed by atoms with Crippen molar-refractivity contribution < 1.29 is 4.74 Å². The lowest BCUT2D eigenvalue weighted by Crippen LogP contribution is -2.17. The summed E-state index contributed by atoms with van der Waals surface area (Å²) in [5.74, 6) is 0.947. The summed E-state index contributed by atoms with van der Waals surface area (Å²) >= 11 is 9.56. The molecule has 1 saturated carbocycles. The second-order valence-corrected chi connectivity index (χ2v) is 6.55. The van der Waals surface area contributed by atoms with E-state index < -0.39 is 0 Å². The molecule has 2 aromatic carbocycles. The smallest absolute Gasteiger partial charge is 0.120 e. The molecule has 4 heteroatoms. The summed E-state index contributed by atoms with van der Waals surface area (Å²) in [6.45, 7) is 0. The molecule has 0 bridgehead atoms. The third-order valence-corrected chi connectivity index (χ3v) is 4.80. The van der Waals surface area contributed by atoms with E-state index in [1.54, 1.807) is 0 Å². The molecule has 0 saturated heterocycles. The molecule has 1 atom stereocenters. The molecule has 1 unspecified atom stereocenters. The van der Waals surface area contributed by atoms with Gasteiger partial charge < -0.3 is 10.1 Å². The van der Waals surface area contributed by atoms with Gasteiger partial charge in [0.15, 0.2) is 0 Å². The zero-order valence-corrected chi connectivity index (χ0v) is 14.1. The van der Waals surface area contributed by atoms with E-state index in [0.717, 1.165) is 20.8 Å². The third-order valence-electron chi connectivity index (χ3n) is 3.58. The van der Waals surface area contributed by atoms with Gasteiger partial charge in [-0.25, -0.2) is 0 Å². The molecular weight excluding hydrogens is 350 g/mol. The van der Waals surface area contributed by atoms with Crippen molar-refractivity contribution in [2.45, 2.75) is 25.0 Å². The quantitative estimate of drug-likeness (QED) is 0.808. The molecule has 1 aliphatic rings. The number of ether oxygens (including phenoxy) is 1. The molecule has 1 fully saturated rings. The average Bonchev–Trinajstić information content (AvgIpc) is 3.28. The first-order valence-electron chi connectivity index (χ1n) is 7.06. The highest BCUT2D eigenvalue weighted by molar-refractivity contribution is 9.10. The van der Waals surface area contributed by atoms with Crippen molar-refractivity contribution in [3.8, 4) is 5.75 Å². The molecule has 1 aliphatic carbocycles. The monoisotopic (exact) mass is 365 g/mol. The van der Waals surface area contributed by atoms with Crippen LogP contribution >= 0.6 is 27.5 Å². The van der Waals surface area contributed by atoms with E-state index in [1.165, 1.54) is 18.4 Å². The van der Waals surface area contributed by atoms with Gasteiger partial charge in [0.1, 0.15) is 5.75 Å². The summed E-state index contributed by atoms with van der Waals surface area (Å²) in [7, 11) is 1.96. The minimum atomic E-state index is 0.112. The highest BCUT2D eigenvalue weighted by Crippen LogP contribution is 2.32. The van der Waals surface area contributed by atoms with Gasteiger partial charge in [-0.3, -0.25) is 0 Å². The maximum absolute atomic E-state index is 6.08. The standard InChI is InChI=1S/C17H17BrClNO/c1-20-17(12-5-8-16(19)15(18)10-12)11-3-2-4-14(9-11)21-13-6-7-13/h2-5,8-10,13,17,20H,6-7H2,1H3. The summed E-state index contributed by atoms with van der Waals surface area (Å²) in [5, 5.41) is 4.08. The van der Waals surface area contributed by atoms with Crippen LogP contribution in [0.2, 0.25) is 5.02 Å². The molecule has 0 heterocycles. The van der Waals surface area contributed by atoms with Gasteiger partial charge >= 0.3 is 0 Å². The first-order valence-corrected chi connectivity index (χ1v) is 8.23. The van der Waals surface area contributed by atoms with Crippen LogP contribution in [0.4, 0.5) is 0 Å². The lowest BCUT2D eigenvalue weighted by molar-refractivity contribution is 0.302. The molecule has 0 aliphatic heterocycles. The minimum Gasteiger partial charge on any atom is -0.490 e. The molecule has 3 rings (SSSR count). The van der Waals surface area contributed by atoms with Crippen LogP contribution in [-0.4, -0.2) is 13.2 Å². The van der Waals surface area contributed by atoms with Gasteiger partial charge in [0.25, 0.3) is 0 Å². The highest BCUT2D eigenvalue weighted by atomic mass is 79.9. The van der Waals surface area contributed by atoms with Gasteiger partial charge in [-0.05, 0) is 71.2 Å². The Hall–Kier alpha value is -1.03. The van der Waals surface area contributed by atoms with Gasteiger partial charge in [0.2, 0.25) is 0 Å². The maximum atomic E-state index is 6.08. The van der Waals surface area contributed by atoms with Crippen molar-refractivity contribution >= 4 is 27.5 Å². The van der Waals surface area contributed by atoms with Crippen molar-refractivity contribution in [1.82, 2.24) is 5.32 Å². The maximum Gasteiger partial charge on any atom is 0.120 e. The second kappa shape index (κ2) is 6.39. The normalized spacial score (nSPS) is 15.8. The van der Waals surface area contributed by atoms with Crippen LogP contribution in [0.25, 0.3) is 0 Å². The Morgan fingerprint density at radius 2 is 1.95 bits per heavy atom. The zero-order valence-electron chi connectivity index (χ0n) is 11.8. The number of benzene rings is 2. The molecule has 0 amide bonds. The van der Waals surface area contributed by atoms with E-state index in [0.29, 0.717) is 6.10 Å². The summed E-state index contributed by atoms with van der Waals surface area (Å²) in [6.07, 6.45) is 2.76. The summed E-state index contributed by atoms with van der Waals surface area (Å²) in [6, 6.07) is 14.4. The molecule has 0 spiro atoms. The fourth-order valence-corrected chi connectivity index (χ4v) is 2.88. The van der Waals surface area contributed by atoms with Crippen molar-refractivity contribution in [2.75, 3.05) is 7.05 Å². The molecule has 110 valence electrons. The van der Waals surface area contributed by atoms with E-state index >= 15 is 0 Å². The molecule has 0 aromatic heterocycles. The van der Waals surface area contributed by atoms with Crippen molar-refractivity contribution in [3.63, 3.8) is 0 Å². The number of hydrogen-bond donors (Lipinski definition) is 1. The molecule has 0 radical (unpaired) electrons. The van der Waals surface area contributed by atoms with Crippen molar-refractivity contribution in [2.24, 2.45) is 0 Å². The van der Waals surface area contributed by atoms with Crippen molar-refractivity contribution in [1.29, 1.82) is 0 Å². The topological polar surface area (TPSA) is 21.3 Å². The Balaban J connectivity index is 1.89. The third kappa shape index (κ3) is 3.60. The average molecular weight is 367 g/mol. The molecule has 21 heavy (non-hydrogen) atoms. The first kappa shape index (κ1) is 14.9. The fourth-order valence-electron chi connectivity index (χ4n) is 2.36. The Morgan fingerprint density at radius 3 is 2.62 bits per heavy atom. The lowest BCUT2D eigenvalue weighted by Gasteiger charge is -2.19. The van der Waals surface area contributed by atoms with E-state index in [-0.39, 0.29) is 6.04 Å². The fraction of sp³-hybridized carbons (Fsp3) is 0.294. The van der Waals surface area contributed by atoms with Gasteiger partial charge in [0.05, 0.1) is 17.2 Å². The highest BCUT2D eigenvalue weighted by Gasteiger charge is 2.24. The Bertz CT molecular complexity index is 642. The largest absolute Gasteiger partial charge is 0.490 e. The Morgan fingerprint density at radius 1 is 1.19 bits per heavy atom. The van der Waals surface area contributed by atoms with Crippen LogP contribution in [0.15, 0.2) is 46.9 Å². The summed E-state index contributed by atoms with van der Waals surface area (Å²) in [5.41, 5.74) is 2.35. The van der Waals surface area contributed by atoms with Crippen LogP contribution in [0.5, 0.6) is 5.75 Å². The predicted molar refractivity (Wildman–Crippen MR) is 90.1 cm³/mol. The first-order chi connectivity index (χ1) is 10.2. The Labute approximate surface area is 138 Å². The van der Waals surface area contributed by atoms with Crippen LogP contribution in [-0.2, 0) is 0 Å². The van der Waals surface area contributed by atoms with E-state index in [9.17, 15) is 0 Å². The number of nitrogens with one attached hydrogen (secondary N) is 1. The molecule has 2 aromatic rings. The van der Waals surface area contributed by atoms with Gasteiger partial charge in [-0.1, -0.05) is 29.8 Å². The van der Waals surface area contributed by atoms with E-state index in [4.69, 9.17) is 16.3 Å². The Kier molecular flexibility index (Phi) is 4.53. The number of rotatable bonds is 5. The van der Waals surface area contributed by atoms with Gasteiger partial charge in [-0.15, -0.1) is 0 Å². The zero-order chi connectivity index (χ0) is 14.8. The van der Waals surface area contributed by atoms with E-state index in [2.05, 4.69) is 39.4 Å². The van der Waals surface area contributed by atoms with Crippen LogP contribution in [0, 0.1) is 0 Å². The SMILES string of the molecule is CNC(c1cccc(OC2CC2)c1)c1ccc(Cl)c(Br)c1. The second-order valence-electron chi connectivity index (χ2n) is 5.28.